The monoisotopic (exact) mass is 300 g/mol. The first-order valence-electron chi connectivity index (χ1n) is 5.81. The fraction of sp³-hybridized carbons (Fsp3) is 0.538. The van der Waals surface area contributed by atoms with Crippen molar-refractivity contribution < 1.29 is 5.11 Å². The minimum Gasteiger partial charge on any atom is -0.389 e. The van der Waals surface area contributed by atoms with Crippen molar-refractivity contribution in [2.75, 3.05) is 0 Å². The van der Waals surface area contributed by atoms with Gasteiger partial charge in [0.25, 0.3) is 0 Å². The van der Waals surface area contributed by atoms with Crippen LogP contribution in [0, 0.1) is 0 Å². The van der Waals surface area contributed by atoms with E-state index in [4.69, 9.17) is 0 Å². The fourth-order valence-corrected chi connectivity index (χ4v) is 4.27. The van der Waals surface area contributed by atoms with Crippen molar-refractivity contribution in [2.24, 2.45) is 0 Å². The lowest BCUT2D eigenvalue weighted by atomic mass is 10.1. The van der Waals surface area contributed by atoms with E-state index >= 15 is 0 Å². The van der Waals surface area contributed by atoms with Crippen LogP contribution in [0.1, 0.15) is 44.3 Å². The molecule has 0 unspecified atom stereocenters. The van der Waals surface area contributed by atoms with Crippen LogP contribution in [0.15, 0.2) is 27.6 Å². The molecule has 0 bridgehead atoms. The van der Waals surface area contributed by atoms with E-state index in [0.29, 0.717) is 0 Å². The Morgan fingerprint density at radius 2 is 2.06 bits per heavy atom. The second-order valence-corrected chi connectivity index (χ2v) is 6.61. The first-order chi connectivity index (χ1) is 7.66. The van der Waals surface area contributed by atoms with E-state index in [-0.39, 0.29) is 0 Å². The van der Waals surface area contributed by atoms with Crippen LogP contribution in [0.2, 0.25) is 0 Å². The van der Waals surface area contributed by atoms with Crippen molar-refractivity contribution in [2.45, 2.75) is 48.9 Å². The largest absolute Gasteiger partial charge is 0.389 e. The number of rotatable bonds is 3. The normalized spacial score (nSPS) is 18.9. The van der Waals surface area contributed by atoms with Crippen LogP contribution in [-0.2, 0) is 0 Å². The number of aliphatic hydroxyl groups excluding tert-OH is 1. The highest BCUT2D eigenvalue weighted by atomic mass is 79.9. The molecule has 1 aromatic rings. The minimum atomic E-state index is -0.403. The van der Waals surface area contributed by atoms with Crippen molar-refractivity contribution >= 4 is 27.7 Å². The zero-order chi connectivity index (χ0) is 11.5. The van der Waals surface area contributed by atoms with Crippen LogP contribution in [-0.4, -0.2) is 10.4 Å². The fourth-order valence-electron chi connectivity index (χ4n) is 2.12. The summed E-state index contributed by atoms with van der Waals surface area (Å²) in [5.74, 6) is 0. The Morgan fingerprint density at radius 1 is 1.38 bits per heavy atom. The van der Waals surface area contributed by atoms with Gasteiger partial charge in [0.15, 0.2) is 0 Å². The van der Waals surface area contributed by atoms with Crippen LogP contribution >= 0.6 is 27.7 Å². The Hall–Kier alpha value is 0.01000. The molecule has 1 atom stereocenters. The SMILES string of the molecule is C[C@@H](O)c1ccc(SC2CCCC2)cc1Br. The zero-order valence-electron chi connectivity index (χ0n) is 9.45. The molecule has 1 aliphatic rings. The number of hydrogen-bond donors (Lipinski definition) is 1. The van der Waals surface area contributed by atoms with Gasteiger partial charge in [-0.25, -0.2) is 0 Å². The smallest absolute Gasteiger partial charge is 0.0772 e. The molecule has 3 heteroatoms. The molecule has 0 spiro atoms. The summed E-state index contributed by atoms with van der Waals surface area (Å²) in [6.07, 6.45) is 5.05. The molecule has 0 heterocycles. The van der Waals surface area contributed by atoms with Gasteiger partial charge < -0.3 is 5.11 Å². The number of aliphatic hydroxyl groups is 1. The molecule has 1 aromatic carbocycles. The summed E-state index contributed by atoms with van der Waals surface area (Å²) in [7, 11) is 0. The summed E-state index contributed by atoms with van der Waals surface area (Å²) >= 11 is 5.50. The van der Waals surface area contributed by atoms with Crippen molar-refractivity contribution in [3.63, 3.8) is 0 Å². The lowest BCUT2D eigenvalue weighted by Gasteiger charge is -2.12. The molecule has 16 heavy (non-hydrogen) atoms. The Morgan fingerprint density at radius 3 is 2.62 bits per heavy atom. The van der Waals surface area contributed by atoms with Crippen LogP contribution in [0.5, 0.6) is 0 Å². The van der Waals surface area contributed by atoms with E-state index in [9.17, 15) is 5.11 Å². The van der Waals surface area contributed by atoms with Crippen LogP contribution < -0.4 is 0 Å². The van der Waals surface area contributed by atoms with Gasteiger partial charge in [-0.1, -0.05) is 34.8 Å². The van der Waals surface area contributed by atoms with Crippen LogP contribution in [0.3, 0.4) is 0 Å². The van der Waals surface area contributed by atoms with Crippen molar-refractivity contribution in [3.8, 4) is 0 Å². The standard InChI is InChI=1S/C13H17BrOS/c1-9(15)12-7-6-11(8-13(12)14)16-10-4-2-3-5-10/h6-10,15H,2-5H2,1H3/t9-/m1/s1. The van der Waals surface area contributed by atoms with Crippen molar-refractivity contribution in [1.82, 2.24) is 0 Å². The van der Waals surface area contributed by atoms with Gasteiger partial charge in [-0.3, -0.25) is 0 Å². The molecular weight excluding hydrogens is 284 g/mol. The summed E-state index contributed by atoms with van der Waals surface area (Å²) in [5, 5.41) is 10.3. The van der Waals surface area contributed by atoms with E-state index in [1.165, 1.54) is 30.6 Å². The zero-order valence-corrected chi connectivity index (χ0v) is 11.9. The molecule has 1 nitrogen and oxygen atoms in total. The third-order valence-electron chi connectivity index (χ3n) is 3.03. The van der Waals surface area contributed by atoms with Gasteiger partial charge in [0.2, 0.25) is 0 Å². The highest BCUT2D eigenvalue weighted by Crippen LogP contribution is 2.36. The number of hydrogen-bond acceptors (Lipinski definition) is 2. The third kappa shape index (κ3) is 3.02. The van der Waals surface area contributed by atoms with E-state index in [0.717, 1.165) is 15.3 Å². The molecular formula is C13H17BrOS. The highest BCUT2D eigenvalue weighted by Gasteiger charge is 2.16. The molecule has 0 amide bonds. The van der Waals surface area contributed by atoms with Gasteiger partial charge in [0.1, 0.15) is 0 Å². The summed E-state index contributed by atoms with van der Waals surface area (Å²) in [6.45, 7) is 1.80. The molecule has 1 saturated carbocycles. The molecule has 1 aliphatic carbocycles. The van der Waals surface area contributed by atoms with E-state index in [1.807, 2.05) is 17.8 Å². The lowest BCUT2D eigenvalue weighted by molar-refractivity contribution is 0.198. The second-order valence-electron chi connectivity index (χ2n) is 4.38. The van der Waals surface area contributed by atoms with E-state index in [2.05, 4.69) is 28.1 Å². The van der Waals surface area contributed by atoms with Gasteiger partial charge in [-0.2, -0.15) is 0 Å². The molecule has 1 N–H and O–H groups in total. The number of halogens is 1. The average Bonchev–Trinajstić information content (AvgIpc) is 2.70. The topological polar surface area (TPSA) is 20.2 Å². The molecule has 0 aromatic heterocycles. The van der Waals surface area contributed by atoms with Crippen molar-refractivity contribution in [1.29, 1.82) is 0 Å². The summed E-state index contributed by atoms with van der Waals surface area (Å²) in [4.78, 5) is 1.31. The quantitative estimate of drug-likeness (QED) is 0.884. The van der Waals surface area contributed by atoms with Crippen LogP contribution in [0.4, 0.5) is 0 Å². The summed E-state index contributed by atoms with van der Waals surface area (Å²) in [5.41, 5.74) is 0.968. The van der Waals surface area contributed by atoms with Crippen molar-refractivity contribution in [3.05, 3.63) is 28.2 Å². The Labute approximate surface area is 110 Å². The van der Waals surface area contributed by atoms with Gasteiger partial charge in [0, 0.05) is 14.6 Å². The molecule has 1 fully saturated rings. The maximum absolute atomic E-state index is 9.54. The minimum absolute atomic E-state index is 0.403. The predicted molar refractivity (Wildman–Crippen MR) is 72.9 cm³/mol. The van der Waals surface area contributed by atoms with Gasteiger partial charge >= 0.3 is 0 Å². The molecule has 0 aliphatic heterocycles. The first-order valence-corrected chi connectivity index (χ1v) is 7.48. The Balaban J connectivity index is 2.08. The molecule has 0 saturated heterocycles. The predicted octanol–water partition coefficient (Wildman–Crippen LogP) is 4.54. The lowest BCUT2D eigenvalue weighted by Crippen LogP contribution is -1.95. The molecule has 2 rings (SSSR count). The van der Waals surface area contributed by atoms with Gasteiger partial charge in [0.05, 0.1) is 6.10 Å². The Bertz CT molecular complexity index is 359. The average molecular weight is 301 g/mol. The molecule has 0 radical (unpaired) electrons. The Kier molecular flexibility index (Phi) is 4.34. The maximum atomic E-state index is 9.54. The number of benzene rings is 1. The van der Waals surface area contributed by atoms with E-state index in [1.54, 1.807) is 6.92 Å². The number of thioether (sulfide) groups is 1. The first kappa shape index (κ1) is 12.5. The maximum Gasteiger partial charge on any atom is 0.0772 e. The van der Waals surface area contributed by atoms with Gasteiger partial charge in [-0.05, 0) is 37.5 Å². The summed E-state index contributed by atoms with van der Waals surface area (Å²) < 4.78 is 1.02. The summed E-state index contributed by atoms with van der Waals surface area (Å²) in [6, 6.07) is 6.27. The van der Waals surface area contributed by atoms with Gasteiger partial charge in [-0.15, -0.1) is 11.8 Å². The highest BCUT2D eigenvalue weighted by molar-refractivity contribution is 9.10. The second kappa shape index (κ2) is 5.56. The molecule has 88 valence electrons. The third-order valence-corrected chi connectivity index (χ3v) is 5.04. The van der Waals surface area contributed by atoms with E-state index < -0.39 is 6.10 Å². The van der Waals surface area contributed by atoms with Crippen LogP contribution in [0.25, 0.3) is 0 Å².